The van der Waals surface area contributed by atoms with Crippen molar-refractivity contribution in [3.05, 3.63) is 83.4 Å². The Morgan fingerprint density at radius 1 is 0.943 bits per heavy atom. The average Bonchev–Trinajstić information content (AvgIpc) is 3.17. The molecule has 1 N–H and O–H groups in total. The fourth-order valence-corrected chi connectivity index (χ4v) is 3.97. The van der Waals surface area contributed by atoms with Crippen molar-refractivity contribution in [2.75, 3.05) is 24.4 Å². The lowest BCUT2D eigenvalue weighted by Crippen LogP contribution is -2.46. The first kappa shape index (κ1) is 24.1. The molecule has 0 aliphatic carbocycles. The lowest BCUT2D eigenvalue weighted by Gasteiger charge is -2.28. The molecular weight excluding hydrogens is 470 g/mol. The van der Waals surface area contributed by atoms with Crippen molar-refractivity contribution in [1.82, 2.24) is 4.90 Å². The molecule has 0 radical (unpaired) electrons. The van der Waals surface area contributed by atoms with E-state index in [0.717, 1.165) is 10.5 Å². The van der Waals surface area contributed by atoms with Gasteiger partial charge in [0.15, 0.2) is 0 Å². The zero-order valence-electron chi connectivity index (χ0n) is 19.2. The number of urea groups is 1. The van der Waals surface area contributed by atoms with E-state index >= 15 is 0 Å². The van der Waals surface area contributed by atoms with E-state index in [4.69, 9.17) is 21.1 Å². The van der Waals surface area contributed by atoms with Crippen LogP contribution < -0.4 is 19.7 Å². The van der Waals surface area contributed by atoms with Gasteiger partial charge in [-0.15, -0.1) is 0 Å². The van der Waals surface area contributed by atoms with Crippen LogP contribution in [0.4, 0.5) is 16.2 Å². The molecule has 4 amide bonds. The van der Waals surface area contributed by atoms with Crippen molar-refractivity contribution >= 4 is 40.8 Å². The molecule has 1 fully saturated rings. The van der Waals surface area contributed by atoms with E-state index in [9.17, 15) is 14.4 Å². The van der Waals surface area contributed by atoms with Crippen LogP contribution in [0.2, 0.25) is 5.02 Å². The summed E-state index contributed by atoms with van der Waals surface area (Å²) in [5.74, 6) is 0.417. The third-order valence-corrected chi connectivity index (χ3v) is 5.95. The van der Waals surface area contributed by atoms with Crippen LogP contribution in [0, 0.1) is 0 Å². The Hall–Kier alpha value is -4.04. The van der Waals surface area contributed by atoms with Gasteiger partial charge in [-0.25, -0.2) is 9.69 Å². The summed E-state index contributed by atoms with van der Waals surface area (Å²) in [7, 11) is 3.10. The molecule has 35 heavy (non-hydrogen) atoms. The summed E-state index contributed by atoms with van der Waals surface area (Å²) >= 11 is 5.95. The quantitative estimate of drug-likeness (QED) is 0.481. The highest BCUT2D eigenvalue weighted by Crippen LogP contribution is 2.29. The monoisotopic (exact) mass is 493 g/mol. The van der Waals surface area contributed by atoms with Gasteiger partial charge in [-0.05, 0) is 66.2 Å². The molecule has 1 atom stereocenters. The Labute approximate surface area is 208 Å². The normalized spacial score (nSPS) is 15.2. The van der Waals surface area contributed by atoms with Gasteiger partial charge in [0, 0.05) is 17.3 Å². The molecule has 0 aromatic heterocycles. The van der Waals surface area contributed by atoms with E-state index < -0.39 is 18.0 Å². The maximum absolute atomic E-state index is 13.4. The second-order valence-electron chi connectivity index (χ2n) is 7.90. The number of benzene rings is 3. The molecule has 0 bridgehead atoms. The van der Waals surface area contributed by atoms with Gasteiger partial charge in [-0.2, -0.15) is 0 Å². The predicted molar refractivity (Wildman–Crippen MR) is 133 cm³/mol. The zero-order chi connectivity index (χ0) is 24.9. The fourth-order valence-electron chi connectivity index (χ4n) is 3.84. The number of methoxy groups -OCH3 is 2. The molecule has 0 unspecified atom stereocenters. The van der Waals surface area contributed by atoms with Crippen molar-refractivity contribution in [2.24, 2.45) is 0 Å². The van der Waals surface area contributed by atoms with E-state index in [-0.39, 0.29) is 18.9 Å². The first-order chi connectivity index (χ1) is 16.9. The summed E-state index contributed by atoms with van der Waals surface area (Å²) in [5, 5.41) is 3.33. The molecular formula is C26H24ClN3O5. The van der Waals surface area contributed by atoms with Crippen molar-refractivity contribution in [3.8, 4) is 11.5 Å². The number of anilines is 2. The second-order valence-corrected chi connectivity index (χ2v) is 8.33. The highest BCUT2D eigenvalue weighted by Gasteiger charge is 2.44. The number of nitrogens with zero attached hydrogens (tertiary/aromatic N) is 2. The van der Waals surface area contributed by atoms with E-state index in [1.807, 2.05) is 12.1 Å². The summed E-state index contributed by atoms with van der Waals surface area (Å²) < 4.78 is 10.4. The summed E-state index contributed by atoms with van der Waals surface area (Å²) in [6.07, 6.45) is -0.130. The Morgan fingerprint density at radius 3 is 2.09 bits per heavy atom. The molecule has 1 saturated heterocycles. The first-order valence-corrected chi connectivity index (χ1v) is 11.2. The number of ether oxygens (including phenoxy) is 2. The Bertz CT molecular complexity index is 1210. The number of halogens is 1. The third kappa shape index (κ3) is 5.38. The van der Waals surface area contributed by atoms with Crippen molar-refractivity contribution in [1.29, 1.82) is 0 Å². The Morgan fingerprint density at radius 2 is 1.51 bits per heavy atom. The molecule has 9 heteroatoms. The van der Waals surface area contributed by atoms with Crippen molar-refractivity contribution in [2.45, 2.75) is 19.0 Å². The Balaban J connectivity index is 1.61. The van der Waals surface area contributed by atoms with Gasteiger partial charge in [0.25, 0.3) is 5.91 Å². The highest BCUT2D eigenvalue weighted by molar-refractivity contribution is 6.30. The largest absolute Gasteiger partial charge is 0.497 e. The van der Waals surface area contributed by atoms with Crippen LogP contribution in [0.15, 0.2) is 72.8 Å². The number of hydrogen-bond acceptors (Lipinski definition) is 5. The van der Waals surface area contributed by atoms with Gasteiger partial charge in [0.1, 0.15) is 17.5 Å². The summed E-state index contributed by atoms with van der Waals surface area (Å²) in [4.78, 5) is 42.1. The number of rotatable bonds is 7. The van der Waals surface area contributed by atoms with Crippen LogP contribution in [0.5, 0.6) is 11.5 Å². The van der Waals surface area contributed by atoms with Crippen LogP contribution in [0.1, 0.15) is 12.0 Å². The van der Waals surface area contributed by atoms with Crippen LogP contribution in [0.3, 0.4) is 0 Å². The number of carbonyl (C=O) groups is 3. The SMILES string of the molecule is COc1ccc(CN(C(=O)Nc2ccc(Cl)cc2)[C@H]2CC(=O)N(c3ccc(OC)cc3)C2=O)cc1. The van der Waals surface area contributed by atoms with Crippen molar-refractivity contribution in [3.63, 3.8) is 0 Å². The van der Waals surface area contributed by atoms with E-state index in [1.54, 1.807) is 67.8 Å². The summed E-state index contributed by atoms with van der Waals surface area (Å²) in [5.41, 5.74) is 1.72. The zero-order valence-corrected chi connectivity index (χ0v) is 20.0. The lowest BCUT2D eigenvalue weighted by atomic mass is 10.1. The fraction of sp³-hybridized carbons (Fsp3) is 0.192. The van der Waals surface area contributed by atoms with Gasteiger partial charge in [0.05, 0.1) is 26.3 Å². The molecule has 3 aromatic carbocycles. The molecule has 180 valence electrons. The van der Waals surface area contributed by atoms with Crippen LogP contribution >= 0.6 is 11.6 Å². The minimum absolute atomic E-state index is 0.115. The van der Waals surface area contributed by atoms with E-state index in [2.05, 4.69) is 5.32 Å². The van der Waals surface area contributed by atoms with Gasteiger partial charge < -0.3 is 19.7 Å². The topological polar surface area (TPSA) is 88.2 Å². The number of carbonyl (C=O) groups excluding carboxylic acids is 3. The third-order valence-electron chi connectivity index (χ3n) is 5.70. The van der Waals surface area contributed by atoms with Gasteiger partial charge in [-0.3, -0.25) is 9.59 Å². The summed E-state index contributed by atoms with van der Waals surface area (Å²) in [6.45, 7) is 0.115. The molecule has 4 rings (SSSR count). The minimum atomic E-state index is -0.973. The molecule has 1 aliphatic heterocycles. The molecule has 8 nitrogen and oxygen atoms in total. The minimum Gasteiger partial charge on any atom is -0.497 e. The standard InChI is InChI=1S/C26H24ClN3O5/c1-34-21-11-3-17(4-12-21)16-29(26(33)28-19-7-5-18(27)6-8-19)23-15-24(31)30(25(23)32)20-9-13-22(35-2)14-10-20/h3-14,23H,15-16H2,1-2H3,(H,28,33)/t23-/m0/s1. The Kier molecular flexibility index (Phi) is 7.22. The van der Waals surface area contributed by atoms with E-state index in [0.29, 0.717) is 27.9 Å². The maximum atomic E-state index is 13.4. The van der Waals surface area contributed by atoms with Gasteiger partial charge >= 0.3 is 6.03 Å². The van der Waals surface area contributed by atoms with Crippen LogP contribution in [-0.2, 0) is 16.1 Å². The molecule has 1 aliphatic rings. The van der Waals surface area contributed by atoms with Crippen LogP contribution in [0.25, 0.3) is 0 Å². The number of imide groups is 1. The predicted octanol–water partition coefficient (Wildman–Crippen LogP) is 4.72. The molecule has 0 saturated carbocycles. The average molecular weight is 494 g/mol. The smallest absolute Gasteiger partial charge is 0.322 e. The van der Waals surface area contributed by atoms with Crippen molar-refractivity contribution < 1.29 is 23.9 Å². The second kappa shape index (κ2) is 10.5. The van der Waals surface area contributed by atoms with E-state index in [1.165, 1.54) is 12.0 Å². The van der Waals surface area contributed by atoms with Gasteiger partial charge in [-0.1, -0.05) is 23.7 Å². The first-order valence-electron chi connectivity index (χ1n) is 10.9. The number of nitrogens with one attached hydrogen (secondary N) is 1. The number of amides is 4. The molecule has 3 aromatic rings. The summed E-state index contributed by atoms with van der Waals surface area (Å²) in [6, 6.07) is 18.9. The van der Waals surface area contributed by atoms with Crippen LogP contribution in [-0.4, -0.2) is 43.0 Å². The van der Waals surface area contributed by atoms with Gasteiger partial charge in [0.2, 0.25) is 5.91 Å². The lowest BCUT2D eigenvalue weighted by molar-refractivity contribution is -0.122. The highest BCUT2D eigenvalue weighted by atomic mass is 35.5. The molecule has 0 spiro atoms. The molecule has 1 heterocycles. The maximum Gasteiger partial charge on any atom is 0.322 e. The number of hydrogen-bond donors (Lipinski definition) is 1.